The monoisotopic (exact) mass is 699 g/mol. The van der Waals surface area contributed by atoms with Crippen molar-refractivity contribution in [1.82, 2.24) is 10.6 Å². The Balaban J connectivity index is 2.19. The predicted molar refractivity (Wildman–Crippen MR) is 194 cm³/mol. The van der Waals surface area contributed by atoms with Gasteiger partial charge in [0, 0.05) is 19.0 Å². The summed E-state index contributed by atoms with van der Waals surface area (Å²) in [5.74, 6) is -0.494. The minimum absolute atomic E-state index is 0.0839. The van der Waals surface area contributed by atoms with E-state index in [2.05, 4.69) is 49.8 Å². The van der Waals surface area contributed by atoms with Gasteiger partial charge in [-0.15, -0.1) is 0 Å². The van der Waals surface area contributed by atoms with Crippen LogP contribution in [0.15, 0.2) is 48.5 Å². The molecule has 1 unspecified atom stereocenters. The number of ether oxygens (including phenoxy) is 3. The summed E-state index contributed by atoms with van der Waals surface area (Å²) in [6.45, 7) is 20.3. The van der Waals surface area contributed by atoms with Crippen LogP contribution in [0.5, 0.6) is 5.75 Å². The van der Waals surface area contributed by atoms with Crippen molar-refractivity contribution in [3.8, 4) is 5.75 Å². The first-order valence-corrected chi connectivity index (χ1v) is 19.9. The zero-order chi connectivity index (χ0) is 36.8. The number of amides is 3. The Morgan fingerprint density at radius 2 is 1.55 bits per heavy atom. The van der Waals surface area contributed by atoms with Crippen LogP contribution in [0.4, 0.5) is 15.3 Å². The molecule has 0 aliphatic rings. The quantitative estimate of drug-likeness (QED) is 0.0700. The highest BCUT2D eigenvalue weighted by Crippen LogP contribution is 2.39. The second-order valence-electron chi connectivity index (χ2n) is 14.8. The van der Waals surface area contributed by atoms with E-state index in [1.165, 1.54) is 0 Å². The molecule has 2 atom stereocenters. The number of hydrogen-bond donors (Lipinski definition) is 3. The van der Waals surface area contributed by atoms with Crippen molar-refractivity contribution in [2.75, 3.05) is 18.5 Å². The first-order valence-electron chi connectivity index (χ1n) is 17.0. The summed E-state index contributed by atoms with van der Waals surface area (Å²) in [5, 5.41) is 8.53. The summed E-state index contributed by atoms with van der Waals surface area (Å²) in [6.07, 6.45) is 0.108. The molecule has 2 aromatic carbocycles. The van der Waals surface area contributed by atoms with E-state index in [-0.39, 0.29) is 43.1 Å². The third-order valence-corrected chi connectivity index (χ3v) is 12.4. The molecular weight excluding hydrogens is 643 g/mol. The maximum absolute atomic E-state index is 13.2. The zero-order valence-corrected chi connectivity index (χ0v) is 32.0. The molecule has 12 heteroatoms. The average molecular weight is 700 g/mol. The lowest BCUT2D eigenvalue weighted by Crippen LogP contribution is -2.44. The summed E-state index contributed by atoms with van der Waals surface area (Å²) in [5.41, 5.74) is 1.52. The van der Waals surface area contributed by atoms with Gasteiger partial charge < -0.3 is 34.6 Å². The minimum Gasteiger partial charge on any atom is -0.542 e. The van der Waals surface area contributed by atoms with Crippen LogP contribution in [0.1, 0.15) is 85.8 Å². The lowest BCUT2D eigenvalue weighted by molar-refractivity contribution is -0.147. The Morgan fingerprint density at radius 3 is 2.16 bits per heavy atom. The normalized spacial score (nSPS) is 13.0. The average Bonchev–Trinajstić information content (AvgIpc) is 2.98. The molecule has 0 aliphatic carbocycles. The standard InChI is InChI=1S/C37H57N3O8Si/c1-11-45-33(42)26(2)22-29(39-35(44)47-36(3,4)5)23-28-19-20-31(48-49(9,10)37(6,7)8)30(24-28)40-32(41)18-15-21-38-34(43)46-25-27-16-13-12-14-17-27/h12-14,16-17,19-20,24,26,29H,11,15,18,21-23,25H2,1-10H3,(H,38,43)(H,39,44)(H,40,41)/t26?,29-/m1/s1. The third-order valence-electron chi connectivity index (χ3n) is 8.08. The van der Waals surface area contributed by atoms with Gasteiger partial charge in [-0.3, -0.25) is 9.59 Å². The Morgan fingerprint density at radius 1 is 0.878 bits per heavy atom. The van der Waals surface area contributed by atoms with Gasteiger partial charge in [-0.25, -0.2) is 9.59 Å². The van der Waals surface area contributed by atoms with Gasteiger partial charge in [-0.05, 0) is 88.3 Å². The maximum atomic E-state index is 13.2. The molecular formula is C37H57N3O8Si. The number of anilines is 1. The number of alkyl carbamates (subject to hydrolysis) is 2. The van der Waals surface area contributed by atoms with E-state index in [1.54, 1.807) is 34.6 Å². The van der Waals surface area contributed by atoms with Crippen LogP contribution < -0.4 is 20.4 Å². The van der Waals surface area contributed by atoms with Crippen molar-refractivity contribution < 1.29 is 37.8 Å². The Bertz CT molecular complexity index is 1390. The Kier molecular flexibility index (Phi) is 15.6. The van der Waals surface area contributed by atoms with Crippen molar-refractivity contribution in [2.24, 2.45) is 5.92 Å². The molecule has 272 valence electrons. The largest absolute Gasteiger partial charge is 0.542 e. The molecule has 0 spiro atoms. The van der Waals surface area contributed by atoms with Crippen LogP contribution >= 0.6 is 0 Å². The first-order chi connectivity index (χ1) is 22.8. The highest BCUT2D eigenvalue weighted by Gasteiger charge is 2.39. The summed E-state index contributed by atoms with van der Waals surface area (Å²) in [4.78, 5) is 50.5. The van der Waals surface area contributed by atoms with Crippen LogP contribution in [0.3, 0.4) is 0 Å². The van der Waals surface area contributed by atoms with Gasteiger partial charge >= 0.3 is 18.2 Å². The third kappa shape index (κ3) is 15.4. The van der Waals surface area contributed by atoms with Gasteiger partial charge in [0.05, 0.1) is 18.2 Å². The van der Waals surface area contributed by atoms with Crippen LogP contribution in [0, 0.1) is 5.92 Å². The summed E-state index contributed by atoms with van der Waals surface area (Å²) in [6, 6.07) is 14.5. The number of rotatable bonds is 16. The highest BCUT2D eigenvalue weighted by atomic mass is 28.4. The van der Waals surface area contributed by atoms with E-state index in [9.17, 15) is 19.2 Å². The van der Waals surface area contributed by atoms with Gasteiger partial charge in [0.2, 0.25) is 5.91 Å². The number of nitrogens with one attached hydrogen (secondary N) is 3. The zero-order valence-electron chi connectivity index (χ0n) is 31.0. The van der Waals surface area contributed by atoms with E-state index in [0.717, 1.165) is 11.1 Å². The molecule has 0 saturated heterocycles. The summed E-state index contributed by atoms with van der Waals surface area (Å²) >= 11 is 0. The van der Waals surface area contributed by atoms with Crippen LogP contribution in [-0.4, -0.2) is 57.2 Å². The molecule has 0 aliphatic heterocycles. The van der Waals surface area contributed by atoms with Crippen molar-refractivity contribution in [2.45, 2.75) is 117 Å². The topological polar surface area (TPSA) is 141 Å². The van der Waals surface area contributed by atoms with E-state index in [0.29, 0.717) is 30.7 Å². The van der Waals surface area contributed by atoms with Gasteiger partial charge in [0.1, 0.15) is 18.0 Å². The second kappa shape index (κ2) is 18.6. The number of benzene rings is 2. The molecule has 0 fully saturated rings. The molecule has 0 bridgehead atoms. The van der Waals surface area contributed by atoms with Gasteiger partial charge in [-0.1, -0.05) is 64.1 Å². The van der Waals surface area contributed by atoms with Gasteiger partial charge in [-0.2, -0.15) is 0 Å². The highest BCUT2D eigenvalue weighted by molar-refractivity contribution is 6.74. The molecule has 0 radical (unpaired) electrons. The molecule has 2 aromatic rings. The fourth-order valence-corrected chi connectivity index (χ4v) is 5.54. The molecule has 11 nitrogen and oxygen atoms in total. The van der Waals surface area contributed by atoms with Crippen molar-refractivity contribution >= 4 is 38.1 Å². The molecule has 2 rings (SSSR count). The van der Waals surface area contributed by atoms with E-state index in [1.807, 2.05) is 48.5 Å². The van der Waals surface area contributed by atoms with E-state index in [4.69, 9.17) is 18.6 Å². The summed E-state index contributed by atoms with van der Waals surface area (Å²) < 4.78 is 22.6. The Labute approximate surface area is 293 Å². The predicted octanol–water partition coefficient (Wildman–Crippen LogP) is 7.74. The fraction of sp³-hybridized carbons (Fsp3) is 0.568. The van der Waals surface area contributed by atoms with Crippen LogP contribution in [0.25, 0.3) is 0 Å². The van der Waals surface area contributed by atoms with Gasteiger partial charge in [0.15, 0.2) is 0 Å². The number of carbonyl (C=O) groups excluding carboxylic acids is 4. The number of carbonyl (C=O) groups is 4. The van der Waals surface area contributed by atoms with Crippen LogP contribution in [-0.2, 0) is 36.8 Å². The Hall–Kier alpha value is -4.06. The van der Waals surface area contributed by atoms with E-state index >= 15 is 0 Å². The van der Waals surface area contributed by atoms with Crippen LogP contribution in [0.2, 0.25) is 18.1 Å². The molecule has 3 amide bonds. The lowest BCUT2D eigenvalue weighted by Gasteiger charge is -2.37. The molecule has 0 heterocycles. The minimum atomic E-state index is -2.28. The van der Waals surface area contributed by atoms with Crippen molar-refractivity contribution in [1.29, 1.82) is 0 Å². The number of hydrogen-bond acceptors (Lipinski definition) is 8. The first kappa shape index (κ1) is 41.1. The van der Waals surface area contributed by atoms with Gasteiger partial charge in [0.25, 0.3) is 8.32 Å². The molecule has 0 aromatic heterocycles. The van der Waals surface area contributed by atoms with E-state index < -0.39 is 38.1 Å². The number of esters is 1. The maximum Gasteiger partial charge on any atom is 0.407 e. The smallest absolute Gasteiger partial charge is 0.407 e. The van der Waals surface area contributed by atoms with Crippen molar-refractivity contribution in [3.63, 3.8) is 0 Å². The van der Waals surface area contributed by atoms with Crippen molar-refractivity contribution in [3.05, 3.63) is 59.7 Å². The molecule has 49 heavy (non-hydrogen) atoms. The SMILES string of the molecule is CCOC(=O)C(C)C[C@H](Cc1ccc(O[Si](C)(C)C(C)(C)C)c(NC(=O)CCCNC(=O)OCc2ccccc2)c1)NC(=O)OC(C)(C)C. The fourth-order valence-electron chi connectivity index (χ4n) is 4.50. The second-order valence-corrected chi connectivity index (χ2v) is 19.5. The lowest BCUT2D eigenvalue weighted by atomic mass is 9.96. The molecule has 3 N–H and O–H groups in total. The summed E-state index contributed by atoms with van der Waals surface area (Å²) in [7, 11) is -2.28. The molecule has 0 saturated carbocycles.